The molecule has 7 heteroatoms. The number of anilines is 1. The van der Waals surface area contributed by atoms with Gasteiger partial charge in [0.05, 0.1) is 13.7 Å². The molecule has 2 amide bonds. The van der Waals surface area contributed by atoms with Crippen LogP contribution in [0.5, 0.6) is 5.75 Å². The first-order valence-electron chi connectivity index (χ1n) is 10.7. The third kappa shape index (κ3) is 6.54. The van der Waals surface area contributed by atoms with Crippen molar-refractivity contribution in [3.8, 4) is 5.75 Å². The van der Waals surface area contributed by atoms with Crippen LogP contribution in [0.15, 0.2) is 54.6 Å². The Hall–Kier alpha value is -2.90. The maximum atomic E-state index is 13.3. The van der Waals surface area contributed by atoms with Gasteiger partial charge in [0.15, 0.2) is 0 Å². The highest BCUT2D eigenvalue weighted by Crippen LogP contribution is 2.25. The molecule has 1 fully saturated rings. The zero-order valence-electron chi connectivity index (χ0n) is 18.5. The smallest absolute Gasteiger partial charge is 0.246 e. The molecule has 0 aromatic heterocycles. The SMILES string of the molecule is COc1ccc(NC(=O)C(c2ccccc2)N2CCN(CC(=O)NC(C)C)CC2)cc1. The molecule has 1 aliphatic heterocycles. The third-order valence-electron chi connectivity index (χ3n) is 5.31. The third-order valence-corrected chi connectivity index (χ3v) is 5.31. The molecule has 1 heterocycles. The molecule has 31 heavy (non-hydrogen) atoms. The summed E-state index contributed by atoms with van der Waals surface area (Å²) in [6.07, 6.45) is 0. The number of nitrogens with one attached hydrogen (secondary N) is 2. The van der Waals surface area contributed by atoms with E-state index in [0.29, 0.717) is 19.6 Å². The van der Waals surface area contributed by atoms with E-state index in [0.717, 1.165) is 30.1 Å². The Morgan fingerprint density at radius 1 is 0.968 bits per heavy atom. The molecule has 7 nitrogen and oxygen atoms in total. The molecule has 2 aromatic rings. The topological polar surface area (TPSA) is 73.9 Å². The van der Waals surface area contributed by atoms with Crippen molar-refractivity contribution in [2.24, 2.45) is 0 Å². The fraction of sp³-hybridized carbons (Fsp3) is 0.417. The van der Waals surface area contributed by atoms with Crippen LogP contribution in [-0.4, -0.2) is 67.5 Å². The number of carbonyl (C=O) groups is 2. The van der Waals surface area contributed by atoms with Crippen LogP contribution in [0.25, 0.3) is 0 Å². The summed E-state index contributed by atoms with van der Waals surface area (Å²) in [6.45, 7) is 7.22. The number of piperazine rings is 1. The van der Waals surface area contributed by atoms with Gasteiger partial charge in [-0.3, -0.25) is 19.4 Å². The molecule has 2 N–H and O–H groups in total. The summed E-state index contributed by atoms with van der Waals surface area (Å²) in [6, 6.07) is 16.9. The molecule has 0 saturated carbocycles. The average molecular weight is 425 g/mol. The molecule has 2 aromatic carbocycles. The number of ether oxygens (including phenoxy) is 1. The van der Waals surface area contributed by atoms with Crippen LogP contribution < -0.4 is 15.4 Å². The molecule has 0 bridgehead atoms. The molecule has 0 aliphatic carbocycles. The van der Waals surface area contributed by atoms with Crippen LogP contribution in [-0.2, 0) is 9.59 Å². The number of amides is 2. The van der Waals surface area contributed by atoms with Gasteiger partial charge in [-0.25, -0.2) is 0 Å². The van der Waals surface area contributed by atoms with E-state index in [4.69, 9.17) is 4.74 Å². The van der Waals surface area contributed by atoms with Gasteiger partial charge in [-0.2, -0.15) is 0 Å². The van der Waals surface area contributed by atoms with Crippen LogP contribution in [0, 0.1) is 0 Å². The van der Waals surface area contributed by atoms with Crippen LogP contribution in [0.2, 0.25) is 0 Å². The normalized spacial score (nSPS) is 16.0. The molecule has 1 unspecified atom stereocenters. The van der Waals surface area contributed by atoms with Gasteiger partial charge < -0.3 is 15.4 Å². The molecular weight excluding hydrogens is 392 g/mol. The number of benzene rings is 2. The number of hydrogen-bond donors (Lipinski definition) is 2. The van der Waals surface area contributed by atoms with Crippen LogP contribution >= 0.6 is 0 Å². The summed E-state index contributed by atoms with van der Waals surface area (Å²) >= 11 is 0. The van der Waals surface area contributed by atoms with Crippen molar-refractivity contribution in [1.29, 1.82) is 0 Å². The number of rotatable bonds is 8. The zero-order chi connectivity index (χ0) is 22.2. The minimum Gasteiger partial charge on any atom is -0.497 e. The van der Waals surface area contributed by atoms with Crippen LogP contribution in [0.1, 0.15) is 25.5 Å². The van der Waals surface area contributed by atoms with E-state index in [-0.39, 0.29) is 17.9 Å². The lowest BCUT2D eigenvalue weighted by Gasteiger charge is -2.38. The second-order valence-corrected chi connectivity index (χ2v) is 8.07. The summed E-state index contributed by atoms with van der Waals surface area (Å²) in [5.41, 5.74) is 1.69. The maximum Gasteiger partial charge on any atom is 0.246 e. The summed E-state index contributed by atoms with van der Waals surface area (Å²) in [5, 5.41) is 5.98. The largest absolute Gasteiger partial charge is 0.497 e. The number of nitrogens with zero attached hydrogens (tertiary/aromatic N) is 2. The molecule has 0 radical (unpaired) electrons. The molecule has 1 aliphatic rings. The first-order valence-corrected chi connectivity index (χ1v) is 10.7. The lowest BCUT2D eigenvalue weighted by atomic mass is 10.0. The number of methoxy groups -OCH3 is 1. The van der Waals surface area contributed by atoms with Gasteiger partial charge in [0, 0.05) is 37.9 Å². The highest BCUT2D eigenvalue weighted by Gasteiger charge is 2.31. The van der Waals surface area contributed by atoms with E-state index in [1.54, 1.807) is 7.11 Å². The lowest BCUT2D eigenvalue weighted by Crippen LogP contribution is -2.52. The molecule has 1 atom stereocenters. The fourth-order valence-corrected chi connectivity index (χ4v) is 3.80. The second kappa shape index (κ2) is 10.9. The lowest BCUT2D eigenvalue weighted by molar-refractivity contribution is -0.125. The number of carbonyl (C=O) groups excluding carboxylic acids is 2. The standard InChI is InChI=1S/C24H32N4O3/c1-18(2)25-22(29)17-27-13-15-28(16-14-27)23(19-7-5-4-6-8-19)24(30)26-20-9-11-21(31-3)12-10-20/h4-12,18,23H,13-17H2,1-3H3,(H,25,29)(H,26,30). The second-order valence-electron chi connectivity index (χ2n) is 8.07. The Labute approximate surface area is 184 Å². The first-order chi connectivity index (χ1) is 15.0. The predicted molar refractivity (Wildman–Crippen MR) is 122 cm³/mol. The fourth-order valence-electron chi connectivity index (χ4n) is 3.80. The van der Waals surface area contributed by atoms with Gasteiger partial charge in [-0.1, -0.05) is 30.3 Å². The molecular formula is C24H32N4O3. The van der Waals surface area contributed by atoms with Gasteiger partial charge in [0.2, 0.25) is 11.8 Å². The average Bonchev–Trinajstić information content (AvgIpc) is 2.76. The van der Waals surface area contributed by atoms with E-state index in [9.17, 15) is 9.59 Å². The summed E-state index contributed by atoms with van der Waals surface area (Å²) in [4.78, 5) is 29.7. The van der Waals surface area contributed by atoms with Crippen molar-refractivity contribution in [2.75, 3.05) is 45.2 Å². The van der Waals surface area contributed by atoms with Gasteiger partial charge in [-0.15, -0.1) is 0 Å². The summed E-state index contributed by atoms with van der Waals surface area (Å²) < 4.78 is 5.19. The van der Waals surface area contributed by atoms with E-state index < -0.39 is 6.04 Å². The maximum absolute atomic E-state index is 13.3. The van der Waals surface area contributed by atoms with E-state index >= 15 is 0 Å². The molecule has 3 rings (SSSR count). The Balaban J connectivity index is 1.67. The Bertz CT molecular complexity index is 847. The van der Waals surface area contributed by atoms with Gasteiger partial charge in [0.25, 0.3) is 0 Å². The highest BCUT2D eigenvalue weighted by atomic mass is 16.5. The van der Waals surface area contributed by atoms with Gasteiger partial charge in [-0.05, 0) is 43.7 Å². The Morgan fingerprint density at radius 3 is 2.19 bits per heavy atom. The minimum atomic E-state index is -0.394. The molecule has 166 valence electrons. The van der Waals surface area contributed by atoms with Crippen LogP contribution in [0.4, 0.5) is 5.69 Å². The van der Waals surface area contributed by atoms with E-state index in [2.05, 4.69) is 20.4 Å². The minimum absolute atomic E-state index is 0.0420. The summed E-state index contributed by atoms with van der Waals surface area (Å²) in [5.74, 6) is 0.720. The van der Waals surface area contributed by atoms with Crippen molar-refractivity contribution < 1.29 is 14.3 Å². The first kappa shape index (κ1) is 22.8. The van der Waals surface area contributed by atoms with Crippen molar-refractivity contribution >= 4 is 17.5 Å². The van der Waals surface area contributed by atoms with E-state index in [1.165, 1.54) is 0 Å². The quantitative estimate of drug-likeness (QED) is 0.681. The predicted octanol–water partition coefficient (Wildman–Crippen LogP) is 2.52. The van der Waals surface area contributed by atoms with Crippen molar-refractivity contribution in [3.63, 3.8) is 0 Å². The summed E-state index contributed by atoms with van der Waals surface area (Å²) in [7, 11) is 1.62. The molecule has 0 spiro atoms. The zero-order valence-corrected chi connectivity index (χ0v) is 18.5. The highest BCUT2D eigenvalue weighted by molar-refractivity contribution is 5.95. The van der Waals surface area contributed by atoms with Crippen molar-refractivity contribution in [2.45, 2.75) is 25.9 Å². The van der Waals surface area contributed by atoms with Gasteiger partial charge >= 0.3 is 0 Å². The Morgan fingerprint density at radius 2 is 1.61 bits per heavy atom. The van der Waals surface area contributed by atoms with Crippen molar-refractivity contribution in [3.05, 3.63) is 60.2 Å². The molecule has 1 saturated heterocycles. The van der Waals surface area contributed by atoms with Crippen LogP contribution in [0.3, 0.4) is 0 Å². The Kier molecular flexibility index (Phi) is 8.03. The monoisotopic (exact) mass is 424 g/mol. The van der Waals surface area contributed by atoms with E-state index in [1.807, 2.05) is 68.4 Å². The number of hydrogen-bond acceptors (Lipinski definition) is 5. The van der Waals surface area contributed by atoms with Gasteiger partial charge in [0.1, 0.15) is 11.8 Å². The van der Waals surface area contributed by atoms with Crippen molar-refractivity contribution in [1.82, 2.24) is 15.1 Å².